The molecule has 218 valence electrons. The van der Waals surface area contributed by atoms with Gasteiger partial charge in [0, 0.05) is 0 Å². The Kier molecular flexibility index (Phi) is 13.3. The van der Waals surface area contributed by atoms with Gasteiger partial charge in [-0.25, -0.2) is 0 Å². The Balaban J connectivity index is 1.91. The highest BCUT2D eigenvalue weighted by Crippen LogP contribution is 2.41. The Hall–Kier alpha value is -3.42. The molecule has 0 bridgehead atoms. The minimum atomic E-state index is -0.223. The van der Waals surface area contributed by atoms with Gasteiger partial charge < -0.3 is 5.11 Å². The van der Waals surface area contributed by atoms with Gasteiger partial charge in [0.25, 0.3) is 0 Å². The van der Waals surface area contributed by atoms with Crippen molar-refractivity contribution >= 4 is 6.08 Å². The second-order valence-electron chi connectivity index (χ2n) is 12.3. The lowest BCUT2D eigenvalue weighted by Gasteiger charge is -2.35. The topological polar surface area (TPSA) is 20.2 Å². The molecule has 0 radical (unpaired) electrons. The number of hydrogen-bond donors (Lipinski definition) is 1. The van der Waals surface area contributed by atoms with Crippen LogP contribution in [0.15, 0.2) is 125 Å². The Labute approximate surface area is 251 Å². The monoisotopic (exact) mass is 548 g/mol. The number of hydrogen-bond acceptors (Lipinski definition) is 1. The number of aliphatic hydroxyl groups excluding tert-OH is 1. The molecule has 1 aromatic rings. The van der Waals surface area contributed by atoms with Crippen molar-refractivity contribution in [1.29, 1.82) is 0 Å². The van der Waals surface area contributed by atoms with Crippen molar-refractivity contribution in [3.05, 3.63) is 147 Å². The summed E-state index contributed by atoms with van der Waals surface area (Å²) in [6, 6.07) is 4.38. The lowest BCUT2D eigenvalue weighted by Crippen LogP contribution is -2.28. The standard InChI is InChI=1S/C40H52O/c1-29(17-13-19-31(3)21-25-38-34(6)24-23-33(5)36(38)8)15-11-12-16-30(2)18-14-20-32(4)22-26-39-35(7)27-37(41)28-40(39,9)10/h11-26,37,41H,27-28H2,1-10H3. The third-order valence-electron chi connectivity index (χ3n) is 7.77. The molecular weight excluding hydrogens is 496 g/mol. The van der Waals surface area contributed by atoms with E-state index in [0.717, 1.165) is 12.8 Å². The first-order valence-corrected chi connectivity index (χ1v) is 14.8. The van der Waals surface area contributed by atoms with E-state index in [1.165, 1.54) is 55.7 Å². The van der Waals surface area contributed by atoms with Crippen LogP contribution < -0.4 is 0 Å². The molecule has 1 N–H and O–H groups in total. The number of aryl methyl sites for hydroxylation is 2. The van der Waals surface area contributed by atoms with Gasteiger partial charge in [0.05, 0.1) is 6.10 Å². The van der Waals surface area contributed by atoms with Crippen molar-refractivity contribution in [2.75, 3.05) is 0 Å². The number of allylic oxidation sites excluding steroid dienone is 18. The summed E-state index contributed by atoms with van der Waals surface area (Å²) in [5.41, 5.74) is 12.8. The van der Waals surface area contributed by atoms with Gasteiger partial charge in [0.1, 0.15) is 0 Å². The predicted octanol–water partition coefficient (Wildman–Crippen LogP) is 11.1. The summed E-state index contributed by atoms with van der Waals surface area (Å²) in [6.07, 6.45) is 31.4. The van der Waals surface area contributed by atoms with Gasteiger partial charge in [-0.05, 0) is 101 Å². The zero-order valence-corrected chi connectivity index (χ0v) is 27.2. The van der Waals surface area contributed by atoms with E-state index < -0.39 is 0 Å². The largest absolute Gasteiger partial charge is 0.393 e. The average Bonchev–Trinajstić information content (AvgIpc) is 2.87. The van der Waals surface area contributed by atoms with Crippen LogP contribution in [0, 0.1) is 26.2 Å². The van der Waals surface area contributed by atoms with Crippen LogP contribution in [0.5, 0.6) is 0 Å². The highest BCUT2D eigenvalue weighted by Gasteiger charge is 2.31. The van der Waals surface area contributed by atoms with E-state index in [2.05, 4.69) is 166 Å². The predicted molar refractivity (Wildman–Crippen MR) is 183 cm³/mol. The molecule has 1 aliphatic rings. The molecule has 41 heavy (non-hydrogen) atoms. The van der Waals surface area contributed by atoms with Gasteiger partial charge >= 0.3 is 0 Å². The summed E-state index contributed by atoms with van der Waals surface area (Å²) in [4.78, 5) is 0. The van der Waals surface area contributed by atoms with Crippen LogP contribution in [0.4, 0.5) is 0 Å². The zero-order valence-electron chi connectivity index (χ0n) is 27.2. The first-order valence-electron chi connectivity index (χ1n) is 14.8. The Morgan fingerprint density at radius 3 is 1.68 bits per heavy atom. The summed E-state index contributed by atoms with van der Waals surface area (Å²) in [7, 11) is 0. The maximum atomic E-state index is 10.1. The van der Waals surface area contributed by atoms with E-state index in [1.54, 1.807) is 0 Å². The molecule has 0 heterocycles. The lowest BCUT2D eigenvalue weighted by molar-refractivity contribution is 0.116. The van der Waals surface area contributed by atoms with E-state index >= 15 is 0 Å². The molecule has 0 aromatic heterocycles. The summed E-state index contributed by atoms with van der Waals surface area (Å²) < 4.78 is 0. The van der Waals surface area contributed by atoms with Crippen LogP contribution in [0.2, 0.25) is 0 Å². The lowest BCUT2D eigenvalue weighted by atomic mass is 9.71. The normalized spacial score (nSPS) is 19.8. The van der Waals surface area contributed by atoms with Gasteiger partial charge in [0.2, 0.25) is 0 Å². The average molecular weight is 549 g/mol. The van der Waals surface area contributed by atoms with Crippen LogP contribution in [-0.4, -0.2) is 11.2 Å². The van der Waals surface area contributed by atoms with Crippen molar-refractivity contribution in [1.82, 2.24) is 0 Å². The Morgan fingerprint density at radius 1 is 0.683 bits per heavy atom. The molecule has 1 heteroatoms. The summed E-state index contributed by atoms with van der Waals surface area (Å²) in [5.74, 6) is 0. The van der Waals surface area contributed by atoms with E-state index in [0.29, 0.717) is 0 Å². The minimum Gasteiger partial charge on any atom is -0.393 e. The number of rotatable bonds is 10. The van der Waals surface area contributed by atoms with Crippen LogP contribution in [0.25, 0.3) is 6.08 Å². The highest BCUT2D eigenvalue weighted by molar-refractivity contribution is 5.61. The molecule has 1 aromatic carbocycles. The first-order chi connectivity index (χ1) is 19.3. The van der Waals surface area contributed by atoms with Gasteiger partial charge in [-0.2, -0.15) is 0 Å². The summed E-state index contributed by atoms with van der Waals surface area (Å²) in [6.45, 7) is 21.6. The van der Waals surface area contributed by atoms with Crippen LogP contribution in [0.1, 0.15) is 83.6 Å². The molecule has 0 saturated carbocycles. The second-order valence-corrected chi connectivity index (χ2v) is 12.3. The van der Waals surface area contributed by atoms with Crippen molar-refractivity contribution in [3.8, 4) is 0 Å². The van der Waals surface area contributed by atoms with E-state index in [4.69, 9.17) is 0 Å². The third-order valence-corrected chi connectivity index (χ3v) is 7.77. The minimum absolute atomic E-state index is 0.00990. The van der Waals surface area contributed by atoms with Crippen molar-refractivity contribution in [2.45, 2.75) is 88.2 Å². The SMILES string of the molecule is CC(C=CC=C(C)C=CC1=C(C)CC(O)CC1(C)C)=CC=CC=C(C)C=CC=C(C)C=Cc1c(C)ccc(C)c1C. The van der Waals surface area contributed by atoms with Crippen molar-refractivity contribution in [3.63, 3.8) is 0 Å². The summed E-state index contributed by atoms with van der Waals surface area (Å²) >= 11 is 0. The second kappa shape index (κ2) is 16.1. The molecule has 1 nitrogen and oxygen atoms in total. The van der Waals surface area contributed by atoms with Crippen molar-refractivity contribution < 1.29 is 5.11 Å². The quantitative estimate of drug-likeness (QED) is 0.288. The van der Waals surface area contributed by atoms with Crippen LogP contribution in [0.3, 0.4) is 0 Å². The maximum absolute atomic E-state index is 10.1. The molecule has 0 saturated heterocycles. The Bertz CT molecular complexity index is 1370. The Morgan fingerprint density at radius 2 is 1.15 bits per heavy atom. The maximum Gasteiger partial charge on any atom is 0.0585 e. The number of aliphatic hydroxyl groups is 1. The molecule has 0 fully saturated rings. The highest BCUT2D eigenvalue weighted by atomic mass is 16.3. The van der Waals surface area contributed by atoms with Crippen molar-refractivity contribution in [2.24, 2.45) is 5.41 Å². The van der Waals surface area contributed by atoms with Gasteiger partial charge in [-0.1, -0.05) is 139 Å². The van der Waals surface area contributed by atoms with Crippen LogP contribution >= 0.6 is 0 Å². The van der Waals surface area contributed by atoms with E-state index in [-0.39, 0.29) is 11.5 Å². The molecule has 2 rings (SSSR count). The third kappa shape index (κ3) is 11.5. The molecule has 1 atom stereocenters. The van der Waals surface area contributed by atoms with E-state index in [9.17, 15) is 5.11 Å². The summed E-state index contributed by atoms with van der Waals surface area (Å²) in [5, 5.41) is 10.1. The molecular formula is C40H52O. The first kappa shape index (κ1) is 33.8. The molecule has 1 aliphatic carbocycles. The molecule has 0 spiro atoms. The van der Waals surface area contributed by atoms with Gasteiger partial charge in [-0.3, -0.25) is 0 Å². The van der Waals surface area contributed by atoms with E-state index in [1.807, 2.05) is 0 Å². The molecule has 0 amide bonds. The zero-order chi connectivity index (χ0) is 30.6. The fraction of sp³-hybridized carbons (Fsp3) is 0.350. The van der Waals surface area contributed by atoms with Gasteiger partial charge in [-0.15, -0.1) is 0 Å². The van der Waals surface area contributed by atoms with Crippen LogP contribution in [-0.2, 0) is 0 Å². The van der Waals surface area contributed by atoms with Gasteiger partial charge in [0.15, 0.2) is 0 Å². The fourth-order valence-electron chi connectivity index (χ4n) is 5.18. The molecule has 0 aliphatic heterocycles. The number of benzene rings is 1. The smallest absolute Gasteiger partial charge is 0.0585 e. The fourth-order valence-corrected chi connectivity index (χ4v) is 5.18. The molecule has 1 unspecified atom stereocenters.